The zero-order valence-corrected chi connectivity index (χ0v) is 23.4. The minimum Gasteiger partial charge on any atom is -0.496 e. The molecule has 0 unspecified atom stereocenters. The largest absolute Gasteiger partial charge is 0.496 e. The van der Waals surface area contributed by atoms with E-state index in [2.05, 4.69) is 15.5 Å². The van der Waals surface area contributed by atoms with Gasteiger partial charge in [0.1, 0.15) is 33.5 Å². The maximum atomic E-state index is 14.6. The SMILES string of the molecule is COc1ccc(F)cc1[C@H](Cn1c(=O)n([C@@H]2CCNC2=O)c(=O)c2c(C)c(-n3nccn3)sc21)OC1CCOCC1. The second-order valence-electron chi connectivity index (χ2n) is 10.0. The number of hydrogen-bond acceptors (Lipinski definition) is 9. The van der Waals surface area contributed by atoms with Gasteiger partial charge in [-0.2, -0.15) is 10.2 Å². The van der Waals surface area contributed by atoms with E-state index in [4.69, 9.17) is 14.2 Å². The van der Waals surface area contributed by atoms with Gasteiger partial charge < -0.3 is 19.5 Å². The third-order valence-corrected chi connectivity index (χ3v) is 8.84. The number of carbonyl (C=O) groups is 1. The molecule has 4 aromatic rings. The summed E-state index contributed by atoms with van der Waals surface area (Å²) in [5.41, 5.74) is -0.197. The van der Waals surface area contributed by atoms with E-state index in [1.807, 2.05) is 0 Å². The molecule has 1 amide bonds. The van der Waals surface area contributed by atoms with Crippen molar-refractivity contribution in [2.45, 2.75) is 51.0 Å². The minimum atomic E-state index is -0.949. The monoisotopic (exact) mass is 584 g/mol. The Labute approximate surface area is 237 Å². The van der Waals surface area contributed by atoms with Gasteiger partial charge in [-0.25, -0.2) is 13.8 Å². The van der Waals surface area contributed by atoms with E-state index in [1.54, 1.807) is 6.92 Å². The van der Waals surface area contributed by atoms with Gasteiger partial charge in [0.25, 0.3) is 5.56 Å². The van der Waals surface area contributed by atoms with Crippen molar-refractivity contribution in [2.24, 2.45) is 0 Å². The highest BCUT2D eigenvalue weighted by molar-refractivity contribution is 7.21. The first-order valence-electron chi connectivity index (χ1n) is 13.4. The molecule has 2 aliphatic rings. The molecule has 5 heterocycles. The van der Waals surface area contributed by atoms with Crippen LogP contribution < -0.4 is 21.3 Å². The Hall–Kier alpha value is -3.88. The molecular formula is C27H29FN6O6S. The van der Waals surface area contributed by atoms with Crippen LogP contribution in [0.15, 0.2) is 40.2 Å². The standard InChI is InChI=1S/C27H29FN6O6S/c1-15-22-24(36)33(19-5-8-29-23(19)35)27(37)32(26(22)41-25(15)34-30-9-10-31-34)14-21(40-17-6-11-39-12-7-17)18-13-16(28)3-4-20(18)38-2/h3-4,9-10,13,17,19,21H,5-8,11-12,14H2,1-2H3,(H,29,35)/t19-,21+/m1/s1. The van der Waals surface area contributed by atoms with Gasteiger partial charge >= 0.3 is 5.69 Å². The van der Waals surface area contributed by atoms with Gasteiger partial charge in [0, 0.05) is 30.9 Å². The molecule has 0 spiro atoms. The second kappa shape index (κ2) is 11.2. The number of fused-ring (bicyclic) bond motifs is 1. The molecule has 2 atom stereocenters. The van der Waals surface area contributed by atoms with Gasteiger partial charge in [0.2, 0.25) is 5.91 Å². The van der Waals surface area contributed by atoms with Crippen LogP contribution in [-0.2, 0) is 20.8 Å². The van der Waals surface area contributed by atoms with Crippen LogP contribution in [0.5, 0.6) is 5.75 Å². The summed E-state index contributed by atoms with van der Waals surface area (Å²) in [5.74, 6) is -0.468. The Morgan fingerprint density at radius 1 is 1.17 bits per heavy atom. The number of halogens is 1. The number of thiophene rings is 1. The van der Waals surface area contributed by atoms with Crippen molar-refractivity contribution in [3.05, 3.63) is 68.4 Å². The Bertz CT molecular complexity index is 1710. The van der Waals surface area contributed by atoms with E-state index in [0.29, 0.717) is 65.7 Å². The van der Waals surface area contributed by atoms with Crippen molar-refractivity contribution >= 4 is 27.5 Å². The van der Waals surface area contributed by atoms with E-state index >= 15 is 0 Å². The van der Waals surface area contributed by atoms with Crippen LogP contribution >= 0.6 is 11.3 Å². The summed E-state index contributed by atoms with van der Waals surface area (Å²) in [6.07, 6.45) is 3.59. The van der Waals surface area contributed by atoms with E-state index in [0.717, 1.165) is 4.57 Å². The molecule has 0 aliphatic carbocycles. The first-order valence-corrected chi connectivity index (χ1v) is 14.2. The molecule has 14 heteroatoms. The molecule has 2 saturated heterocycles. The first-order chi connectivity index (χ1) is 19.9. The van der Waals surface area contributed by atoms with Gasteiger partial charge in [0.05, 0.1) is 37.5 Å². The van der Waals surface area contributed by atoms with Crippen molar-refractivity contribution in [1.29, 1.82) is 0 Å². The fraction of sp³-hybridized carbons (Fsp3) is 0.444. The summed E-state index contributed by atoms with van der Waals surface area (Å²) >= 11 is 1.19. The summed E-state index contributed by atoms with van der Waals surface area (Å²) in [7, 11) is 1.48. The average Bonchev–Trinajstić information content (AvgIpc) is 3.72. The van der Waals surface area contributed by atoms with Gasteiger partial charge in [-0.1, -0.05) is 11.3 Å². The second-order valence-corrected chi connectivity index (χ2v) is 11.0. The highest BCUT2D eigenvalue weighted by atomic mass is 32.1. The van der Waals surface area contributed by atoms with Crippen molar-refractivity contribution in [1.82, 2.24) is 29.4 Å². The number of amides is 1. The molecule has 1 N–H and O–H groups in total. The highest BCUT2D eigenvalue weighted by Crippen LogP contribution is 2.35. The highest BCUT2D eigenvalue weighted by Gasteiger charge is 2.33. The third-order valence-electron chi connectivity index (χ3n) is 7.56. The Morgan fingerprint density at radius 3 is 2.61 bits per heavy atom. The topological polar surface area (TPSA) is 132 Å². The Balaban J connectivity index is 1.57. The van der Waals surface area contributed by atoms with E-state index in [9.17, 15) is 18.8 Å². The van der Waals surface area contributed by atoms with Crippen LogP contribution in [0.3, 0.4) is 0 Å². The molecule has 0 saturated carbocycles. The molecule has 2 aliphatic heterocycles. The smallest absolute Gasteiger partial charge is 0.332 e. The number of benzene rings is 1. The number of aryl methyl sites for hydroxylation is 1. The van der Waals surface area contributed by atoms with Crippen LogP contribution in [0.2, 0.25) is 0 Å². The van der Waals surface area contributed by atoms with Crippen molar-refractivity contribution in [3.8, 4) is 10.8 Å². The summed E-state index contributed by atoms with van der Waals surface area (Å²) in [4.78, 5) is 42.5. The number of carbonyl (C=O) groups excluding carboxylic acids is 1. The number of rotatable bonds is 8. The maximum Gasteiger partial charge on any atom is 0.332 e. The van der Waals surface area contributed by atoms with E-state index in [-0.39, 0.29) is 18.0 Å². The van der Waals surface area contributed by atoms with Crippen LogP contribution in [0.4, 0.5) is 4.39 Å². The van der Waals surface area contributed by atoms with Crippen LogP contribution in [0.25, 0.3) is 15.2 Å². The lowest BCUT2D eigenvalue weighted by atomic mass is 10.1. The molecular weight excluding hydrogens is 555 g/mol. The average molecular weight is 585 g/mol. The molecule has 1 aromatic carbocycles. The van der Waals surface area contributed by atoms with E-state index < -0.39 is 35.1 Å². The Kier molecular flexibility index (Phi) is 7.45. The molecule has 6 rings (SSSR count). The zero-order valence-electron chi connectivity index (χ0n) is 22.5. The zero-order chi connectivity index (χ0) is 28.7. The predicted molar refractivity (Wildman–Crippen MR) is 147 cm³/mol. The predicted octanol–water partition coefficient (Wildman–Crippen LogP) is 2.26. The molecule has 216 valence electrons. The molecule has 12 nitrogen and oxygen atoms in total. The van der Waals surface area contributed by atoms with Crippen LogP contribution in [0, 0.1) is 12.7 Å². The van der Waals surface area contributed by atoms with Gasteiger partial charge in [-0.15, -0.1) is 4.80 Å². The number of nitrogens with one attached hydrogen (secondary N) is 1. The number of aromatic nitrogens is 5. The van der Waals surface area contributed by atoms with Gasteiger partial charge in [0.15, 0.2) is 0 Å². The molecule has 0 bridgehead atoms. The number of hydrogen-bond donors (Lipinski definition) is 1. The molecule has 0 radical (unpaired) electrons. The summed E-state index contributed by atoms with van der Waals surface area (Å²) in [5, 5.41) is 12.0. The van der Waals surface area contributed by atoms with Gasteiger partial charge in [-0.3, -0.25) is 14.2 Å². The third kappa shape index (κ3) is 4.96. The normalized spacial score (nSPS) is 18.6. The number of ether oxygens (including phenoxy) is 3. The lowest BCUT2D eigenvalue weighted by Gasteiger charge is -2.29. The van der Waals surface area contributed by atoms with Gasteiger partial charge in [-0.05, 0) is 44.4 Å². The number of nitrogens with zero attached hydrogens (tertiary/aromatic N) is 5. The summed E-state index contributed by atoms with van der Waals surface area (Å²) in [6, 6.07) is 3.20. The maximum absolute atomic E-state index is 14.6. The first kappa shape index (κ1) is 27.3. The fourth-order valence-corrected chi connectivity index (χ4v) is 6.73. The van der Waals surface area contributed by atoms with Crippen molar-refractivity contribution < 1.29 is 23.4 Å². The summed E-state index contributed by atoms with van der Waals surface area (Å²) in [6.45, 7) is 3.10. The summed E-state index contributed by atoms with van der Waals surface area (Å²) < 4.78 is 34.6. The molecule has 41 heavy (non-hydrogen) atoms. The van der Waals surface area contributed by atoms with Crippen LogP contribution in [0.1, 0.15) is 42.5 Å². The quantitative estimate of drug-likeness (QED) is 0.334. The lowest BCUT2D eigenvalue weighted by molar-refractivity contribution is -0.122. The van der Waals surface area contributed by atoms with Crippen molar-refractivity contribution in [3.63, 3.8) is 0 Å². The fourth-order valence-electron chi connectivity index (χ4n) is 5.51. The minimum absolute atomic E-state index is 0.0624. The molecule has 3 aromatic heterocycles. The van der Waals surface area contributed by atoms with Crippen LogP contribution in [-0.4, -0.2) is 63.0 Å². The Morgan fingerprint density at radius 2 is 1.93 bits per heavy atom. The van der Waals surface area contributed by atoms with Crippen molar-refractivity contribution in [2.75, 3.05) is 26.9 Å². The van der Waals surface area contributed by atoms with E-state index in [1.165, 1.54) is 58.4 Å². The molecule has 2 fully saturated rings. The lowest BCUT2D eigenvalue weighted by Crippen LogP contribution is -2.44. The number of methoxy groups -OCH3 is 1.